The number of thiocarbonyl (C=S) groups is 1. The quantitative estimate of drug-likeness (QED) is 0.625. The summed E-state index contributed by atoms with van der Waals surface area (Å²) < 4.78 is 0.398. The van der Waals surface area contributed by atoms with Crippen LogP contribution in [0, 0.1) is 0 Å². The first-order valence-electron chi connectivity index (χ1n) is 8.26. The molecule has 3 rings (SSSR count). The third-order valence-corrected chi connectivity index (χ3v) is 5.30. The van der Waals surface area contributed by atoms with E-state index in [0.29, 0.717) is 14.9 Å². The number of carbonyl (C=O) groups excluding carboxylic acids is 2. The van der Waals surface area contributed by atoms with Crippen LogP contribution in [0.15, 0.2) is 59.5 Å². The number of benzene rings is 2. The Hall–Kier alpha value is -2.44. The van der Waals surface area contributed by atoms with Crippen LogP contribution in [0.2, 0.25) is 0 Å². The standard InChI is InChI=1S/C20H18N2O2S2/c1-2-14-8-10-15(11-9-14)12-17-19(24)22(20(25)26-17)13-18(23)21-16-6-4-3-5-7-16/h3-12H,2,13H2,1H3,(H,21,23)/b17-12+. The maximum absolute atomic E-state index is 12.6. The van der Waals surface area contributed by atoms with Gasteiger partial charge in [-0.25, -0.2) is 0 Å². The van der Waals surface area contributed by atoms with E-state index in [2.05, 4.69) is 12.2 Å². The molecule has 1 N–H and O–H groups in total. The molecule has 2 aromatic rings. The van der Waals surface area contributed by atoms with Gasteiger partial charge >= 0.3 is 0 Å². The van der Waals surface area contributed by atoms with Gasteiger partial charge in [-0.05, 0) is 35.8 Å². The van der Waals surface area contributed by atoms with Crippen molar-refractivity contribution in [3.8, 4) is 0 Å². The van der Waals surface area contributed by atoms with Gasteiger partial charge in [-0.1, -0.05) is 73.4 Å². The minimum absolute atomic E-state index is 0.0916. The molecule has 0 aliphatic carbocycles. The first-order valence-corrected chi connectivity index (χ1v) is 9.48. The highest BCUT2D eigenvalue weighted by atomic mass is 32.2. The summed E-state index contributed by atoms with van der Waals surface area (Å²) in [4.78, 5) is 26.7. The Labute approximate surface area is 162 Å². The van der Waals surface area contributed by atoms with Crippen LogP contribution < -0.4 is 5.32 Å². The molecular weight excluding hydrogens is 364 g/mol. The Bertz CT molecular complexity index is 861. The molecule has 26 heavy (non-hydrogen) atoms. The van der Waals surface area contributed by atoms with Gasteiger partial charge in [-0.3, -0.25) is 14.5 Å². The molecule has 0 radical (unpaired) electrons. The third kappa shape index (κ3) is 4.39. The average Bonchev–Trinajstić information content (AvgIpc) is 2.90. The highest BCUT2D eigenvalue weighted by Gasteiger charge is 2.33. The summed E-state index contributed by atoms with van der Waals surface area (Å²) in [5, 5.41) is 2.77. The van der Waals surface area contributed by atoms with Crippen LogP contribution in [-0.4, -0.2) is 27.6 Å². The Morgan fingerprint density at radius 2 is 1.85 bits per heavy atom. The van der Waals surface area contributed by atoms with E-state index in [0.717, 1.165) is 12.0 Å². The van der Waals surface area contributed by atoms with Crippen molar-refractivity contribution < 1.29 is 9.59 Å². The number of rotatable bonds is 5. The zero-order valence-corrected chi connectivity index (χ0v) is 15.9. The van der Waals surface area contributed by atoms with Crippen molar-refractivity contribution in [1.82, 2.24) is 4.90 Å². The summed E-state index contributed by atoms with van der Waals surface area (Å²) in [5.41, 5.74) is 2.87. The molecule has 0 atom stereocenters. The van der Waals surface area contributed by atoms with Gasteiger partial charge in [-0.2, -0.15) is 0 Å². The second-order valence-corrected chi connectivity index (χ2v) is 7.45. The molecule has 2 amide bonds. The number of nitrogens with one attached hydrogen (secondary N) is 1. The first-order chi connectivity index (χ1) is 12.6. The normalized spacial score (nSPS) is 15.6. The second-order valence-electron chi connectivity index (χ2n) is 5.78. The lowest BCUT2D eigenvalue weighted by Crippen LogP contribution is -2.36. The highest BCUT2D eigenvalue weighted by molar-refractivity contribution is 8.26. The van der Waals surface area contributed by atoms with Gasteiger partial charge in [0.2, 0.25) is 5.91 Å². The molecule has 1 aliphatic rings. The molecule has 1 heterocycles. The maximum atomic E-state index is 12.6. The van der Waals surface area contributed by atoms with Crippen molar-refractivity contribution >= 4 is 51.9 Å². The Balaban J connectivity index is 1.68. The van der Waals surface area contributed by atoms with Crippen LogP contribution in [0.4, 0.5) is 5.69 Å². The molecule has 4 nitrogen and oxygen atoms in total. The molecule has 1 aliphatic heterocycles. The molecule has 2 aromatic carbocycles. The number of nitrogens with zero attached hydrogens (tertiary/aromatic N) is 1. The Morgan fingerprint density at radius 3 is 2.50 bits per heavy atom. The van der Waals surface area contributed by atoms with Crippen LogP contribution >= 0.6 is 24.0 Å². The minimum atomic E-state index is -0.277. The molecule has 0 saturated carbocycles. The molecular formula is C20H18N2O2S2. The summed E-state index contributed by atoms with van der Waals surface area (Å²) in [6, 6.07) is 17.2. The monoisotopic (exact) mass is 382 g/mol. The second kappa shape index (κ2) is 8.29. The number of thioether (sulfide) groups is 1. The smallest absolute Gasteiger partial charge is 0.266 e. The number of anilines is 1. The highest BCUT2D eigenvalue weighted by Crippen LogP contribution is 2.32. The number of hydrogen-bond acceptors (Lipinski definition) is 4. The van der Waals surface area contributed by atoms with Gasteiger partial charge in [0.25, 0.3) is 5.91 Å². The van der Waals surface area contributed by atoms with Crippen LogP contribution in [0.5, 0.6) is 0 Å². The zero-order chi connectivity index (χ0) is 18.5. The predicted octanol–water partition coefficient (Wildman–Crippen LogP) is 4.09. The SMILES string of the molecule is CCc1ccc(/C=C2/SC(=S)N(CC(=O)Nc3ccccc3)C2=O)cc1. The van der Waals surface area contributed by atoms with Crippen molar-refractivity contribution in [3.63, 3.8) is 0 Å². The largest absolute Gasteiger partial charge is 0.325 e. The lowest BCUT2D eigenvalue weighted by Gasteiger charge is -2.14. The number of aryl methyl sites for hydroxylation is 1. The third-order valence-electron chi connectivity index (χ3n) is 3.92. The summed E-state index contributed by atoms with van der Waals surface area (Å²) in [6.07, 6.45) is 2.78. The molecule has 0 aromatic heterocycles. The Kier molecular flexibility index (Phi) is 5.85. The van der Waals surface area contributed by atoms with E-state index < -0.39 is 0 Å². The molecule has 0 unspecified atom stereocenters. The van der Waals surface area contributed by atoms with Gasteiger partial charge in [0.15, 0.2) is 0 Å². The summed E-state index contributed by atoms with van der Waals surface area (Å²) in [7, 11) is 0. The van der Waals surface area contributed by atoms with Crippen molar-refractivity contribution in [2.45, 2.75) is 13.3 Å². The molecule has 1 saturated heterocycles. The van der Waals surface area contributed by atoms with Crippen molar-refractivity contribution in [2.24, 2.45) is 0 Å². The number of carbonyl (C=O) groups is 2. The Morgan fingerprint density at radius 1 is 1.15 bits per heavy atom. The van der Waals surface area contributed by atoms with Gasteiger partial charge in [0, 0.05) is 5.69 Å². The van der Waals surface area contributed by atoms with E-state index in [1.165, 1.54) is 22.2 Å². The maximum Gasteiger partial charge on any atom is 0.266 e. The predicted molar refractivity (Wildman–Crippen MR) is 111 cm³/mol. The topological polar surface area (TPSA) is 49.4 Å². The van der Waals surface area contributed by atoms with Gasteiger partial charge in [0.05, 0.1) is 4.91 Å². The molecule has 6 heteroatoms. The summed E-state index contributed by atoms with van der Waals surface area (Å²) in [6.45, 7) is 2.01. The lowest BCUT2D eigenvalue weighted by molar-refractivity contribution is -0.126. The fraction of sp³-hybridized carbons (Fsp3) is 0.150. The molecule has 0 spiro atoms. The minimum Gasteiger partial charge on any atom is -0.325 e. The van der Waals surface area contributed by atoms with Gasteiger partial charge in [0.1, 0.15) is 10.9 Å². The zero-order valence-electron chi connectivity index (χ0n) is 14.3. The van der Waals surface area contributed by atoms with Crippen molar-refractivity contribution in [3.05, 3.63) is 70.6 Å². The first kappa shape index (κ1) is 18.4. The van der Waals surface area contributed by atoms with E-state index in [9.17, 15) is 9.59 Å². The van der Waals surface area contributed by atoms with Crippen LogP contribution in [0.3, 0.4) is 0 Å². The van der Waals surface area contributed by atoms with Crippen molar-refractivity contribution in [1.29, 1.82) is 0 Å². The van der Waals surface area contributed by atoms with Crippen LogP contribution in [-0.2, 0) is 16.0 Å². The summed E-state index contributed by atoms with van der Waals surface area (Å²) in [5.74, 6) is -0.510. The lowest BCUT2D eigenvalue weighted by atomic mass is 10.1. The number of amides is 2. The van der Waals surface area contributed by atoms with E-state index in [-0.39, 0.29) is 18.4 Å². The van der Waals surface area contributed by atoms with Gasteiger partial charge in [-0.15, -0.1) is 0 Å². The number of hydrogen-bond donors (Lipinski definition) is 1. The van der Waals surface area contributed by atoms with E-state index >= 15 is 0 Å². The van der Waals surface area contributed by atoms with Crippen molar-refractivity contribution in [2.75, 3.05) is 11.9 Å². The number of para-hydroxylation sites is 1. The fourth-order valence-electron chi connectivity index (χ4n) is 2.50. The molecule has 132 valence electrons. The van der Waals surface area contributed by atoms with E-state index in [1.807, 2.05) is 48.5 Å². The average molecular weight is 383 g/mol. The summed E-state index contributed by atoms with van der Waals surface area (Å²) >= 11 is 6.50. The van der Waals surface area contributed by atoms with Gasteiger partial charge < -0.3 is 5.32 Å². The molecule has 0 bridgehead atoms. The van der Waals surface area contributed by atoms with E-state index in [1.54, 1.807) is 12.1 Å². The van der Waals surface area contributed by atoms with E-state index in [4.69, 9.17) is 12.2 Å². The van der Waals surface area contributed by atoms with Crippen LogP contribution in [0.1, 0.15) is 18.1 Å². The molecule has 1 fully saturated rings. The van der Waals surface area contributed by atoms with Crippen LogP contribution in [0.25, 0.3) is 6.08 Å². The fourth-order valence-corrected chi connectivity index (χ4v) is 3.76.